The van der Waals surface area contributed by atoms with E-state index in [0.29, 0.717) is 23.4 Å². The number of nitrogens with one attached hydrogen (secondary N) is 1. The van der Waals surface area contributed by atoms with Gasteiger partial charge in [-0.2, -0.15) is 0 Å². The van der Waals surface area contributed by atoms with E-state index in [1.165, 1.54) is 24.6 Å². The highest BCUT2D eigenvalue weighted by atomic mass is 32.2. The molecule has 0 saturated heterocycles. The molecule has 22 heavy (non-hydrogen) atoms. The fourth-order valence-electron chi connectivity index (χ4n) is 2.50. The van der Waals surface area contributed by atoms with E-state index in [0.717, 1.165) is 12.8 Å². The maximum atomic E-state index is 12.2. The van der Waals surface area contributed by atoms with E-state index in [4.69, 9.17) is 5.73 Å². The number of hydrogen-bond donors (Lipinski definition) is 2. The summed E-state index contributed by atoms with van der Waals surface area (Å²) >= 11 is 1.38. The molecule has 7 nitrogen and oxygen atoms in total. The van der Waals surface area contributed by atoms with Crippen molar-refractivity contribution in [3.8, 4) is 0 Å². The fraction of sp³-hybridized carbons (Fsp3) is 0.714. The zero-order valence-corrected chi connectivity index (χ0v) is 13.9. The zero-order chi connectivity index (χ0) is 16.1. The van der Waals surface area contributed by atoms with Gasteiger partial charge >= 0.3 is 0 Å². The largest absolute Gasteiger partial charge is 0.370 e. The second-order valence-electron chi connectivity index (χ2n) is 5.67. The lowest BCUT2D eigenvalue weighted by atomic mass is 10.2. The number of rotatable bonds is 7. The van der Waals surface area contributed by atoms with Crippen LogP contribution in [-0.2, 0) is 23.1 Å². The molecule has 8 heteroatoms. The van der Waals surface area contributed by atoms with Crippen molar-refractivity contribution in [3.05, 3.63) is 5.82 Å². The van der Waals surface area contributed by atoms with Crippen LogP contribution >= 0.6 is 11.8 Å². The summed E-state index contributed by atoms with van der Waals surface area (Å²) in [6.45, 7) is 1.87. The van der Waals surface area contributed by atoms with Gasteiger partial charge in [0.05, 0.1) is 5.25 Å². The molecule has 1 heterocycles. The lowest BCUT2D eigenvalue weighted by Crippen LogP contribution is -2.37. The standard InChI is InChI=1S/C14H23N5O2S/c1-9(13(21)16-10-5-3-4-6-10)22-14-18-17-12(19(14)2)8-7-11(15)20/h9-10H,3-8H2,1-2H3,(H2,15,20)(H,16,21)/t9-/m1/s1. The molecule has 1 aliphatic rings. The summed E-state index contributed by atoms with van der Waals surface area (Å²) in [5.74, 6) is 0.379. The minimum atomic E-state index is -0.360. The molecule has 0 bridgehead atoms. The van der Waals surface area contributed by atoms with Gasteiger partial charge in [-0.05, 0) is 19.8 Å². The third kappa shape index (κ3) is 4.46. The summed E-state index contributed by atoms with van der Waals surface area (Å²) in [4.78, 5) is 23.0. The first-order chi connectivity index (χ1) is 10.5. The summed E-state index contributed by atoms with van der Waals surface area (Å²) in [6, 6.07) is 0.321. The van der Waals surface area contributed by atoms with E-state index in [-0.39, 0.29) is 23.5 Å². The Bertz CT molecular complexity index is 539. The average molecular weight is 325 g/mol. The predicted octanol–water partition coefficient (Wildman–Crippen LogP) is 0.772. The highest BCUT2D eigenvalue weighted by molar-refractivity contribution is 8.00. The quantitative estimate of drug-likeness (QED) is 0.721. The summed E-state index contributed by atoms with van der Waals surface area (Å²) < 4.78 is 1.81. The van der Waals surface area contributed by atoms with Gasteiger partial charge in [-0.15, -0.1) is 10.2 Å². The molecule has 1 aromatic rings. The summed E-state index contributed by atoms with van der Waals surface area (Å²) in [5.41, 5.74) is 5.14. The molecule has 0 aromatic carbocycles. The first kappa shape index (κ1) is 16.8. The third-order valence-electron chi connectivity index (χ3n) is 3.87. The molecular weight excluding hydrogens is 302 g/mol. The third-order valence-corrected chi connectivity index (χ3v) is 5.01. The number of hydrogen-bond acceptors (Lipinski definition) is 5. The molecule has 1 saturated carbocycles. The van der Waals surface area contributed by atoms with Crippen LogP contribution in [-0.4, -0.2) is 37.9 Å². The molecule has 1 aliphatic carbocycles. The van der Waals surface area contributed by atoms with Crippen molar-refractivity contribution >= 4 is 23.6 Å². The van der Waals surface area contributed by atoms with Crippen molar-refractivity contribution in [2.24, 2.45) is 12.8 Å². The number of nitrogens with two attached hydrogens (primary N) is 1. The Balaban J connectivity index is 1.89. The molecule has 0 unspecified atom stereocenters. The number of carbonyl (C=O) groups is 2. The van der Waals surface area contributed by atoms with Gasteiger partial charge < -0.3 is 15.6 Å². The van der Waals surface area contributed by atoms with E-state index in [1.807, 2.05) is 18.5 Å². The molecule has 1 atom stereocenters. The lowest BCUT2D eigenvalue weighted by molar-refractivity contribution is -0.121. The van der Waals surface area contributed by atoms with E-state index in [9.17, 15) is 9.59 Å². The van der Waals surface area contributed by atoms with E-state index < -0.39 is 0 Å². The molecule has 0 spiro atoms. The molecule has 3 N–H and O–H groups in total. The van der Waals surface area contributed by atoms with Gasteiger partial charge in [-0.3, -0.25) is 9.59 Å². The predicted molar refractivity (Wildman–Crippen MR) is 84.2 cm³/mol. The molecule has 1 fully saturated rings. The van der Waals surface area contributed by atoms with Crippen molar-refractivity contribution in [2.45, 2.75) is 61.9 Å². The van der Waals surface area contributed by atoms with Gasteiger partial charge in [0.15, 0.2) is 5.16 Å². The second kappa shape index (κ2) is 7.62. The van der Waals surface area contributed by atoms with Crippen LogP contribution in [0.25, 0.3) is 0 Å². The van der Waals surface area contributed by atoms with Crippen LogP contribution in [0.5, 0.6) is 0 Å². The normalized spacial score (nSPS) is 16.6. The number of aromatic nitrogens is 3. The molecular formula is C14H23N5O2S. The van der Waals surface area contributed by atoms with Crippen LogP contribution in [0.4, 0.5) is 0 Å². The van der Waals surface area contributed by atoms with Gasteiger partial charge in [0.2, 0.25) is 11.8 Å². The van der Waals surface area contributed by atoms with Crippen LogP contribution in [0.2, 0.25) is 0 Å². The SMILES string of the molecule is C[C@@H](Sc1nnc(CCC(N)=O)n1C)C(=O)NC1CCCC1. The van der Waals surface area contributed by atoms with Gasteiger partial charge in [0.1, 0.15) is 5.82 Å². The number of aryl methyl sites for hydroxylation is 1. The Kier molecular flexibility index (Phi) is 5.82. The molecule has 2 rings (SSSR count). The number of thioether (sulfide) groups is 1. The lowest BCUT2D eigenvalue weighted by Gasteiger charge is -2.15. The Morgan fingerprint density at radius 2 is 2.09 bits per heavy atom. The first-order valence-electron chi connectivity index (χ1n) is 7.61. The smallest absolute Gasteiger partial charge is 0.233 e. The minimum absolute atomic E-state index is 0.0404. The van der Waals surface area contributed by atoms with Crippen LogP contribution < -0.4 is 11.1 Å². The van der Waals surface area contributed by atoms with E-state index in [1.54, 1.807) is 0 Å². The Morgan fingerprint density at radius 3 is 2.73 bits per heavy atom. The van der Waals surface area contributed by atoms with Gasteiger partial charge in [-0.1, -0.05) is 24.6 Å². The minimum Gasteiger partial charge on any atom is -0.370 e. The Hall–Kier alpha value is -1.57. The monoisotopic (exact) mass is 325 g/mol. The van der Waals surface area contributed by atoms with Crippen molar-refractivity contribution in [1.82, 2.24) is 20.1 Å². The maximum absolute atomic E-state index is 12.2. The summed E-state index contributed by atoms with van der Waals surface area (Å²) in [7, 11) is 1.83. The second-order valence-corrected chi connectivity index (χ2v) is 6.98. The maximum Gasteiger partial charge on any atom is 0.233 e. The van der Waals surface area contributed by atoms with Gasteiger partial charge in [-0.25, -0.2) is 0 Å². The van der Waals surface area contributed by atoms with Gasteiger partial charge in [0.25, 0.3) is 0 Å². The average Bonchev–Trinajstić information content (AvgIpc) is 3.08. The van der Waals surface area contributed by atoms with Crippen LogP contribution in [0.3, 0.4) is 0 Å². The van der Waals surface area contributed by atoms with Crippen LogP contribution in [0.15, 0.2) is 5.16 Å². The van der Waals surface area contributed by atoms with Crippen molar-refractivity contribution in [1.29, 1.82) is 0 Å². The van der Waals surface area contributed by atoms with E-state index in [2.05, 4.69) is 15.5 Å². The molecule has 122 valence electrons. The molecule has 0 radical (unpaired) electrons. The highest BCUT2D eigenvalue weighted by Crippen LogP contribution is 2.23. The topological polar surface area (TPSA) is 103 Å². The molecule has 2 amide bonds. The fourth-order valence-corrected chi connectivity index (χ4v) is 3.34. The van der Waals surface area contributed by atoms with Gasteiger partial charge in [0, 0.05) is 25.9 Å². The highest BCUT2D eigenvalue weighted by Gasteiger charge is 2.23. The number of primary amides is 1. The summed E-state index contributed by atoms with van der Waals surface area (Å²) in [5, 5.41) is 11.7. The molecule has 1 aromatic heterocycles. The van der Waals surface area contributed by atoms with Crippen LogP contribution in [0, 0.1) is 0 Å². The number of nitrogens with zero attached hydrogens (tertiary/aromatic N) is 3. The zero-order valence-electron chi connectivity index (χ0n) is 13.0. The van der Waals surface area contributed by atoms with Crippen molar-refractivity contribution in [3.63, 3.8) is 0 Å². The van der Waals surface area contributed by atoms with Crippen molar-refractivity contribution in [2.75, 3.05) is 0 Å². The first-order valence-corrected chi connectivity index (χ1v) is 8.49. The van der Waals surface area contributed by atoms with Crippen molar-refractivity contribution < 1.29 is 9.59 Å². The number of carbonyl (C=O) groups excluding carboxylic acids is 2. The molecule has 0 aliphatic heterocycles. The Morgan fingerprint density at radius 1 is 1.41 bits per heavy atom. The Labute approximate surface area is 134 Å². The number of amides is 2. The van der Waals surface area contributed by atoms with E-state index >= 15 is 0 Å². The summed E-state index contributed by atoms with van der Waals surface area (Å²) in [6.07, 6.45) is 5.24. The van der Waals surface area contributed by atoms with Crippen LogP contribution in [0.1, 0.15) is 44.9 Å².